The Morgan fingerprint density at radius 2 is 1.57 bits per heavy atom. The fraction of sp³-hybridized carbons (Fsp3) is 0.500. The number of hydrogen-bond donors (Lipinski definition) is 3. The van der Waals surface area contributed by atoms with Crippen LogP contribution in [-0.2, 0) is 6.54 Å². The number of benzene rings is 2. The Bertz CT molecular complexity index is 1230. The summed E-state index contributed by atoms with van der Waals surface area (Å²) < 4.78 is 52.8. The maximum atomic E-state index is 15.0. The molecule has 2 aromatic rings. The first kappa shape index (κ1) is 31.8. The lowest BCUT2D eigenvalue weighted by Gasteiger charge is -2.37. The summed E-state index contributed by atoms with van der Waals surface area (Å²) in [5.41, 5.74) is 1.32. The molecule has 2 heterocycles. The zero-order valence-corrected chi connectivity index (χ0v) is 23.9. The van der Waals surface area contributed by atoms with Gasteiger partial charge in [-0.25, -0.2) is 9.18 Å². The molecule has 4 rings (SSSR count). The minimum absolute atomic E-state index is 0.0704. The van der Waals surface area contributed by atoms with E-state index in [1.54, 1.807) is 34.1 Å². The van der Waals surface area contributed by atoms with Crippen LogP contribution in [0.2, 0.25) is 5.02 Å². The number of aliphatic hydroxyl groups excluding tert-OH is 1. The van der Waals surface area contributed by atoms with Crippen molar-refractivity contribution in [2.45, 2.75) is 19.1 Å². The predicted octanol–water partition coefficient (Wildman–Crippen LogP) is 3.63. The third-order valence-electron chi connectivity index (χ3n) is 7.43. The van der Waals surface area contributed by atoms with Crippen LogP contribution < -0.4 is 15.5 Å². The quantitative estimate of drug-likeness (QED) is 0.374. The largest absolute Gasteiger partial charge is 0.395 e. The van der Waals surface area contributed by atoms with E-state index in [0.717, 1.165) is 0 Å². The number of halogens is 5. The van der Waals surface area contributed by atoms with Gasteiger partial charge in [-0.2, -0.15) is 13.2 Å². The molecule has 0 atom stereocenters. The SMILES string of the molecule is O=C(Nc1ccc(Cl)cc1N1CCN(CCC(F)(F)F)CC1)c1ccc(CNC(=O)N2CCN(CCO)CC2)cc1F. The van der Waals surface area contributed by atoms with E-state index in [-0.39, 0.29) is 31.3 Å². The van der Waals surface area contributed by atoms with E-state index >= 15 is 0 Å². The van der Waals surface area contributed by atoms with Crippen LogP contribution in [0.15, 0.2) is 36.4 Å². The lowest BCUT2D eigenvalue weighted by atomic mass is 10.1. The average molecular weight is 615 g/mol. The molecule has 42 heavy (non-hydrogen) atoms. The average Bonchev–Trinajstić information content (AvgIpc) is 2.96. The molecule has 3 N–H and O–H groups in total. The number of hydrogen-bond acceptors (Lipinski definition) is 6. The number of carbonyl (C=O) groups is 2. The van der Waals surface area contributed by atoms with E-state index in [2.05, 4.69) is 15.5 Å². The number of anilines is 2. The third-order valence-corrected chi connectivity index (χ3v) is 7.67. The van der Waals surface area contributed by atoms with Gasteiger partial charge in [0.25, 0.3) is 5.91 Å². The lowest BCUT2D eigenvalue weighted by molar-refractivity contribution is -0.138. The molecule has 0 saturated carbocycles. The van der Waals surface area contributed by atoms with Crippen molar-refractivity contribution in [2.24, 2.45) is 0 Å². The number of piperazine rings is 2. The number of nitrogens with zero attached hydrogens (tertiary/aromatic N) is 4. The summed E-state index contributed by atoms with van der Waals surface area (Å²) in [4.78, 5) is 32.9. The van der Waals surface area contributed by atoms with Gasteiger partial charge in [0.2, 0.25) is 0 Å². The second kappa shape index (κ2) is 14.4. The van der Waals surface area contributed by atoms with E-state index in [4.69, 9.17) is 16.7 Å². The monoisotopic (exact) mass is 614 g/mol. The molecule has 2 aromatic carbocycles. The van der Waals surface area contributed by atoms with Crippen LogP contribution in [0.1, 0.15) is 22.3 Å². The highest BCUT2D eigenvalue weighted by atomic mass is 35.5. The van der Waals surface area contributed by atoms with Gasteiger partial charge in [-0.1, -0.05) is 17.7 Å². The Balaban J connectivity index is 1.33. The third kappa shape index (κ3) is 8.93. The smallest absolute Gasteiger partial charge is 0.390 e. The first-order chi connectivity index (χ1) is 20.0. The van der Waals surface area contributed by atoms with Crippen molar-refractivity contribution < 1.29 is 32.3 Å². The highest BCUT2D eigenvalue weighted by molar-refractivity contribution is 6.31. The Labute approximate surface area is 247 Å². The summed E-state index contributed by atoms with van der Waals surface area (Å²) in [6.07, 6.45) is -5.08. The van der Waals surface area contributed by atoms with Crippen molar-refractivity contribution in [3.63, 3.8) is 0 Å². The van der Waals surface area contributed by atoms with Gasteiger partial charge in [-0.3, -0.25) is 14.6 Å². The first-order valence-electron chi connectivity index (χ1n) is 13.8. The van der Waals surface area contributed by atoms with E-state index in [9.17, 15) is 27.2 Å². The number of β-amino-alcohol motifs (C(OH)–C–C–N with tert-alkyl or cyclic N) is 1. The lowest BCUT2D eigenvalue weighted by Crippen LogP contribution is -2.52. The molecule has 0 aliphatic carbocycles. The van der Waals surface area contributed by atoms with Crippen LogP contribution in [0, 0.1) is 5.82 Å². The van der Waals surface area contributed by atoms with Crippen LogP contribution in [-0.4, -0.2) is 110 Å². The minimum Gasteiger partial charge on any atom is -0.395 e. The molecule has 0 spiro atoms. The maximum Gasteiger partial charge on any atom is 0.390 e. The molecule has 2 aliphatic rings. The Hall–Kier alpha value is -3.13. The normalized spacial score (nSPS) is 16.9. The molecule has 0 aromatic heterocycles. The Morgan fingerprint density at radius 1 is 0.905 bits per heavy atom. The Morgan fingerprint density at radius 3 is 2.21 bits per heavy atom. The second-order valence-corrected chi connectivity index (χ2v) is 10.8. The van der Waals surface area contributed by atoms with E-state index < -0.39 is 24.3 Å². The van der Waals surface area contributed by atoms with Crippen LogP contribution in [0.5, 0.6) is 0 Å². The molecule has 0 bridgehead atoms. The highest BCUT2D eigenvalue weighted by Crippen LogP contribution is 2.31. The number of rotatable bonds is 9. The van der Waals surface area contributed by atoms with Crippen LogP contribution in [0.3, 0.4) is 0 Å². The summed E-state index contributed by atoms with van der Waals surface area (Å²) in [5, 5.41) is 15.0. The molecule has 9 nitrogen and oxygen atoms in total. The second-order valence-electron chi connectivity index (χ2n) is 10.3. The number of nitrogens with one attached hydrogen (secondary N) is 2. The van der Waals surface area contributed by atoms with Gasteiger partial charge in [0.1, 0.15) is 5.82 Å². The summed E-state index contributed by atoms with van der Waals surface area (Å²) in [6, 6.07) is 8.73. The van der Waals surface area contributed by atoms with Crippen LogP contribution in [0.25, 0.3) is 0 Å². The Kier molecular flexibility index (Phi) is 10.9. The highest BCUT2D eigenvalue weighted by Gasteiger charge is 2.29. The number of alkyl halides is 3. The summed E-state index contributed by atoms with van der Waals surface area (Å²) in [5.74, 6) is -1.41. The molecular weight excluding hydrogens is 580 g/mol. The molecule has 0 radical (unpaired) electrons. The fourth-order valence-electron chi connectivity index (χ4n) is 5.02. The molecular formula is C28H35ClF4N6O3. The molecule has 3 amide bonds. The van der Waals surface area contributed by atoms with Gasteiger partial charge in [0, 0.05) is 77.0 Å². The van der Waals surface area contributed by atoms with Crippen LogP contribution in [0.4, 0.5) is 33.7 Å². The van der Waals surface area contributed by atoms with Crippen LogP contribution >= 0.6 is 11.6 Å². The van der Waals surface area contributed by atoms with Gasteiger partial charge in [0.15, 0.2) is 0 Å². The van der Waals surface area contributed by atoms with E-state index in [1.807, 2.05) is 4.90 Å². The number of amides is 3. The van der Waals surface area contributed by atoms with Crippen molar-refractivity contribution in [3.8, 4) is 0 Å². The summed E-state index contributed by atoms with van der Waals surface area (Å²) in [6.45, 7) is 4.76. The van der Waals surface area contributed by atoms with Crippen molar-refractivity contribution in [3.05, 3.63) is 58.4 Å². The van der Waals surface area contributed by atoms with Gasteiger partial charge in [0.05, 0.1) is 30.0 Å². The molecule has 2 aliphatic heterocycles. The van der Waals surface area contributed by atoms with E-state index in [1.165, 1.54) is 12.1 Å². The van der Waals surface area contributed by atoms with Gasteiger partial charge in [-0.05, 0) is 35.9 Å². The molecule has 0 unspecified atom stereocenters. The number of aliphatic hydroxyl groups is 1. The van der Waals surface area contributed by atoms with Gasteiger partial charge < -0.3 is 25.5 Å². The zero-order valence-electron chi connectivity index (χ0n) is 23.1. The van der Waals surface area contributed by atoms with Crippen molar-refractivity contribution in [2.75, 3.05) is 82.3 Å². The molecule has 2 saturated heterocycles. The molecule has 2 fully saturated rings. The molecule has 14 heteroatoms. The predicted molar refractivity (Wildman–Crippen MR) is 152 cm³/mol. The number of urea groups is 1. The maximum absolute atomic E-state index is 15.0. The summed E-state index contributed by atoms with van der Waals surface area (Å²) in [7, 11) is 0. The first-order valence-corrected chi connectivity index (χ1v) is 14.2. The van der Waals surface area contributed by atoms with E-state index in [0.29, 0.717) is 80.9 Å². The van der Waals surface area contributed by atoms with Crippen molar-refractivity contribution in [1.82, 2.24) is 20.0 Å². The van der Waals surface area contributed by atoms with Gasteiger partial charge in [-0.15, -0.1) is 0 Å². The van der Waals surface area contributed by atoms with Crippen molar-refractivity contribution in [1.29, 1.82) is 0 Å². The van der Waals surface area contributed by atoms with Crippen molar-refractivity contribution >= 4 is 34.9 Å². The number of carbonyl (C=O) groups excluding carboxylic acids is 2. The summed E-state index contributed by atoms with van der Waals surface area (Å²) >= 11 is 6.20. The molecule has 230 valence electrons. The van der Waals surface area contributed by atoms with Gasteiger partial charge >= 0.3 is 12.2 Å². The zero-order chi connectivity index (χ0) is 30.3. The fourth-order valence-corrected chi connectivity index (χ4v) is 5.18. The minimum atomic E-state index is -4.21. The topological polar surface area (TPSA) is 91.4 Å². The standard InChI is InChI=1S/C28H35ClF4N6O3/c29-21-2-4-24(25(18-21)38-11-7-36(8-12-38)6-5-28(31,32)33)35-26(41)22-3-1-20(17-23(22)30)19-34-27(42)39-13-9-37(10-14-39)15-16-40/h1-4,17-18,40H,5-16,19H2,(H,34,42)(H,35,41).